The van der Waals surface area contributed by atoms with Gasteiger partial charge in [0, 0.05) is 11.1 Å². The molecule has 0 radical (unpaired) electrons. The highest BCUT2D eigenvalue weighted by atomic mass is 35.5. The van der Waals surface area contributed by atoms with Gasteiger partial charge in [0.25, 0.3) is 0 Å². The minimum atomic E-state index is 0.635. The zero-order chi connectivity index (χ0) is 15.1. The SMILES string of the molecule is CCCNC(CCc1cc(Cl)ccc1OC)C1CCCC1. The molecule has 21 heavy (non-hydrogen) atoms. The molecule has 1 N–H and O–H groups in total. The van der Waals surface area contributed by atoms with Gasteiger partial charge in [0.05, 0.1) is 7.11 Å². The van der Waals surface area contributed by atoms with Gasteiger partial charge in [-0.2, -0.15) is 0 Å². The first-order valence-corrected chi connectivity index (χ1v) is 8.68. The molecule has 1 unspecified atom stereocenters. The largest absolute Gasteiger partial charge is 0.496 e. The fourth-order valence-electron chi connectivity index (χ4n) is 3.45. The van der Waals surface area contributed by atoms with E-state index in [2.05, 4.69) is 12.2 Å². The normalized spacial score (nSPS) is 17.1. The zero-order valence-corrected chi connectivity index (χ0v) is 14.1. The summed E-state index contributed by atoms with van der Waals surface area (Å²) in [7, 11) is 1.73. The number of ether oxygens (including phenoxy) is 1. The van der Waals surface area contributed by atoms with Crippen molar-refractivity contribution in [3.63, 3.8) is 0 Å². The van der Waals surface area contributed by atoms with Crippen LogP contribution < -0.4 is 10.1 Å². The summed E-state index contributed by atoms with van der Waals surface area (Å²) in [5, 5.41) is 4.56. The molecule has 1 atom stereocenters. The van der Waals surface area contributed by atoms with E-state index in [1.807, 2.05) is 18.2 Å². The number of halogens is 1. The van der Waals surface area contributed by atoms with E-state index in [1.165, 1.54) is 44.1 Å². The van der Waals surface area contributed by atoms with Crippen LogP contribution in [0.2, 0.25) is 5.02 Å². The van der Waals surface area contributed by atoms with Crippen LogP contribution in [0, 0.1) is 5.92 Å². The van der Waals surface area contributed by atoms with Gasteiger partial charge in [-0.1, -0.05) is 31.4 Å². The maximum absolute atomic E-state index is 6.13. The Morgan fingerprint density at radius 2 is 2.10 bits per heavy atom. The van der Waals surface area contributed by atoms with Gasteiger partial charge in [0.2, 0.25) is 0 Å². The first kappa shape index (κ1) is 16.6. The van der Waals surface area contributed by atoms with Gasteiger partial charge in [0.1, 0.15) is 5.75 Å². The van der Waals surface area contributed by atoms with E-state index in [-0.39, 0.29) is 0 Å². The third kappa shape index (κ3) is 4.89. The number of rotatable bonds is 8. The van der Waals surface area contributed by atoms with Crippen LogP contribution in [0.4, 0.5) is 0 Å². The zero-order valence-electron chi connectivity index (χ0n) is 13.3. The van der Waals surface area contributed by atoms with Gasteiger partial charge >= 0.3 is 0 Å². The van der Waals surface area contributed by atoms with Crippen LogP contribution in [0.25, 0.3) is 0 Å². The molecule has 1 fully saturated rings. The third-order valence-electron chi connectivity index (χ3n) is 4.59. The van der Waals surface area contributed by atoms with Gasteiger partial charge in [-0.3, -0.25) is 0 Å². The first-order valence-electron chi connectivity index (χ1n) is 8.30. The molecule has 2 nitrogen and oxygen atoms in total. The second-order valence-corrected chi connectivity index (χ2v) is 6.54. The predicted octanol–water partition coefficient (Wildman–Crippen LogP) is 4.84. The van der Waals surface area contributed by atoms with Crippen molar-refractivity contribution in [2.45, 2.75) is 57.9 Å². The van der Waals surface area contributed by atoms with Gasteiger partial charge in [-0.15, -0.1) is 0 Å². The van der Waals surface area contributed by atoms with Crippen molar-refractivity contribution < 1.29 is 4.74 Å². The summed E-state index contributed by atoms with van der Waals surface area (Å²) in [5.74, 6) is 1.81. The standard InChI is InChI=1S/C18H28ClNO/c1-3-12-20-17(14-6-4-5-7-14)10-8-15-13-16(19)9-11-18(15)21-2/h9,11,13-14,17,20H,3-8,10,12H2,1-2H3. The lowest BCUT2D eigenvalue weighted by Gasteiger charge is -2.25. The Morgan fingerprint density at radius 1 is 1.33 bits per heavy atom. The highest BCUT2D eigenvalue weighted by Gasteiger charge is 2.24. The molecule has 1 aromatic rings. The number of hydrogen-bond acceptors (Lipinski definition) is 2. The molecule has 0 aliphatic heterocycles. The van der Waals surface area contributed by atoms with Crippen molar-refractivity contribution in [3.05, 3.63) is 28.8 Å². The maximum atomic E-state index is 6.13. The Hall–Kier alpha value is -0.730. The number of hydrogen-bond donors (Lipinski definition) is 1. The molecule has 0 bridgehead atoms. The second-order valence-electron chi connectivity index (χ2n) is 6.10. The van der Waals surface area contributed by atoms with Crippen molar-refractivity contribution in [2.75, 3.05) is 13.7 Å². The summed E-state index contributed by atoms with van der Waals surface area (Å²) in [4.78, 5) is 0. The molecule has 0 saturated heterocycles. The number of aryl methyl sites for hydroxylation is 1. The van der Waals surface area contributed by atoms with E-state index in [0.29, 0.717) is 6.04 Å². The average Bonchev–Trinajstić information content (AvgIpc) is 3.02. The predicted molar refractivity (Wildman–Crippen MR) is 90.4 cm³/mol. The van der Waals surface area contributed by atoms with E-state index in [9.17, 15) is 0 Å². The van der Waals surface area contributed by atoms with E-state index >= 15 is 0 Å². The fourth-order valence-corrected chi connectivity index (χ4v) is 3.64. The average molecular weight is 310 g/mol. The van der Waals surface area contributed by atoms with Crippen molar-refractivity contribution in [1.82, 2.24) is 5.32 Å². The Labute approximate surface area is 134 Å². The Morgan fingerprint density at radius 3 is 2.76 bits per heavy atom. The molecule has 2 rings (SSSR count). The summed E-state index contributed by atoms with van der Waals surface area (Å²) in [6, 6.07) is 6.55. The van der Waals surface area contributed by atoms with Crippen LogP contribution in [0.1, 0.15) is 51.0 Å². The maximum Gasteiger partial charge on any atom is 0.122 e. The highest BCUT2D eigenvalue weighted by Crippen LogP contribution is 2.31. The summed E-state index contributed by atoms with van der Waals surface area (Å²) in [6.07, 6.45) is 8.96. The quantitative estimate of drug-likeness (QED) is 0.742. The molecule has 118 valence electrons. The minimum absolute atomic E-state index is 0.635. The van der Waals surface area contributed by atoms with Crippen molar-refractivity contribution in [2.24, 2.45) is 5.92 Å². The lowest BCUT2D eigenvalue weighted by atomic mass is 9.92. The fraction of sp³-hybridized carbons (Fsp3) is 0.667. The summed E-state index contributed by atoms with van der Waals surface area (Å²) in [5.41, 5.74) is 1.23. The summed E-state index contributed by atoms with van der Waals surface area (Å²) < 4.78 is 5.46. The van der Waals surface area contributed by atoms with Crippen molar-refractivity contribution in [3.8, 4) is 5.75 Å². The lowest BCUT2D eigenvalue weighted by Crippen LogP contribution is -2.36. The second kappa shape index (κ2) is 8.65. The monoisotopic (exact) mass is 309 g/mol. The van der Waals surface area contributed by atoms with Crippen LogP contribution in [-0.2, 0) is 6.42 Å². The van der Waals surface area contributed by atoms with Crippen LogP contribution in [0.15, 0.2) is 18.2 Å². The highest BCUT2D eigenvalue weighted by molar-refractivity contribution is 6.30. The topological polar surface area (TPSA) is 21.3 Å². The molecule has 1 aliphatic rings. The number of methoxy groups -OCH3 is 1. The Balaban J connectivity index is 1.98. The molecule has 1 saturated carbocycles. The van der Waals surface area contributed by atoms with Gasteiger partial charge in [-0.05, 0) is 68.3 Å². The van der Waals surface area contributed by atoms with Gasteiger partial charge in [-0.25, -0.2) is 0 Å². The molecule has 0 aromatic heterocycles. The minimum Gasteiger partial charge on any atom is -0.496 e. The van der Waals surface area contributed by atoms with Crippen LogP contribution in [-0.4, -0.2) is 19.7 Å². The Bertz CT molecular complexity index is 429. The molecule has 1 aromatic carbocycles. The lowest BCUT2D eigenvalue weighted by molar-refractivity contribution is 0.338. The molecule has 0 spiro atoms. The van der Waals surface area contributed by atoms with Crippen LogP contribution in [0.5, 0.6) is 5.75 Å². The molecular formula is C18H28ClNO. The van der Waals surface area contributed by atoms with Gasteiger partial charge < -0.3 is 10.1 Å². The van der Waals surface area contributed by atoms with E-state index in [1.54, 1.807) is 7.11 Å². The molecular weight excluding hydrogens is 282 g/mol. The molecule has 3 heteroatoms. The third-order valence-corrected chi connectivity index (χ3v) is 4.83. The smallest absolute Gasteiger partial charge is 0.122 e. The van der Waals surface area contributed by atoms with E-state index < -0.39 is 0 Å². The summed E-state index contributed by atoms with van der Waals surface area (Å²) in [6.45, 7) is 3.35. The van der Waals surface area contributed by atoms with Gasteiger partial charge in [0.15, 0.2) is 0 Å². The van der Waals surface area contributed by atoms with E-state index in [0.717, 1.165) is 29.7 Å². The molecule has 1 aliphatic carbocycles. The Kier molecular flexibility index (Phi) is 6.85. The van der Waals surface area contributed by atoms with Crippen LogP contribution >= 0.6 is 11.6 Å². The molecule has 0 heterocycles. The first-order chi connectivity index (χ1) is 10.2. The number of nitrogens with one attached hydrogen (secondary N) is 1. The van der Waals surface area contributed by atoms with Crippen LogP contribution in [0.3, 0.4) is 0 Å². The van der Waals surface area contributed by atoms with Crippen molar-refractivity contribution in [1.29, 1.82) is 0 Å². The molecule has 0 amide bonds. The van der Waals surface area contributed by atoms with Crippen molar-refractivity contribution >= 4 is 11.6 Å². The summed E-state index contributed by atoms with van der Waals surface area (Å²) >= 11 is 6.13. The number of benzene rings is 1. The van der Waals surface area contributed by atoms with E-state index in [4.69, 9.17) is 16.3 Å².